The average molecular weight is 288 g/mol. The maximum absolute atomic E-state index is 11.4. The van der Waals surface area contributed by atoms with E-state index in [0.717, 1.165) is 25.7 Å². The van der Waals surface area contributed by atoms with Crippen LogP contribution in [-0.2, 0) is 0 Å². The van der Waals surface area contributed by atoms with Crippen LogP contribution in [0.2, 0.25) is 0 Å². The van der Waals surface area contributed by atoms with Gasteiger partial charge in [0.2, 0.25) is 0 Å². The maximum Gasteiger partial charge on any atom is 0.315 e. The summed E-state index contributed by atoms with van der Waals surface area (Å²) >= 11 is 0. The number of urea groups is 2. The molecule has 20 heavy (non-hydrogen) atoms. The summed E-state index contributed by atoms with van der Waals surface area (Å²) in [5.74, 6) is 0. The third-order valence-corrected chi connectivity index (χ3v) is 3.19. The molecular formula is C12H24N4O4. The number of hydrogen-bond acceptors (Lipinski definition) is 4. The first-order chi connectivity index (χ1) is 9.65. The van der Waals surface area contributed by atoms with Crippen LogP contribution in [0.25, 0.3) is 0 Å². The van der Waals surface area contributed by atoms with Crippen LogP contribution in [0.1, 0.15) is 25.7 Å². The molecule has 0 atom stereocenters. The normalized spacial score (nSPS) is 21.9. The Hall–Kier alpha value is -1.54. The van der Waals surface area contributed by atoms with E-state index in [1.165, 1.54) is 0 Å². The van der Waals surface area contributed by atoms with Gasteiger partial charge >= 0.3 is 12.1 Å². The van der Waals surface area contributed by atoms with E-state index in [1.54, 1.807) is 0 Å². The summed E-state index contributed by atoms with van der Waals surface area (Å²) in [7, 11) is 0. The third kappa shape index (κ3) is 6.58. The number of carbonyl (C=O) groups excluding carboxylic acids is 2. The van der Waals surface area contributed by atoms with Crippen molar-refractivity contribution in [1.29, 1.82) is 0 Å². The molecule has 0 aromatic carbocycles. The second-order valence-corrected chi connectivity index (χ2v) is 4.80. The molecule has 8 nitrogen and oxygen atoms in total. The Bertz CT molecular complexity index is 276. The van der Waals surface area contributed by atoms with Crippen molar-refractivity contribution in [3.8, 4) is 0 Å². The molecule has 116 valence electrons. The second kappa shape index (κ2) is 9.38. The van der Waals surface area contributed by atoms with Gasteiger partial charge in [-0.3, -0.25) is 0 Å². The highest BCUT2D eigenvalue weighted by molar-refractivity contribution is 5.74. The van der Waals surface area contributed by atoms with E-state index in [0.29, 0.717) is 0 Å². The molecule has 1 aliphatic carbocycles. The summed E-state index contributed by atoms with van der Waals surface area (Å²) in [5, 5.41) is 28.0. The van der Waals surface area contributed by atoms with E-state index >= 15 is 0 Å². The number of amides is 4. The number of hydrogen-bond donors (Lipinski definition) is 6. The molecule has 1 aliphatic rings. The third-order valence-electron chi connectivity index (χ3n) is 3.19. The van der Waals surface area contributed by atoms with E-state index in [2.05, 4.69) is 21.3 Å². The molecule has 0 aliphatic heterocycles. The van der Waals surface area contributed by atoms with Gasteiger partial charge in [0.1, 0.15) is 0 Å². The molecule has 0 aromatic heterocycles. The van der Waals surface area contributed by atoms with E-state index in [1.807, 2.05) is 0 Å². The summed E-state index contributed by atoms with van der Waals surface area (Å²) in [4.78, 5) is 22.8. The lowest BCUT2D eigenvalue weighted by atomic mass is 9.91. The zero-order valence-electron chi connectivity index (χ0n) is 11.5. The summed E-state index contributed by atoms with van der Waals surface area (Å²) in [6.45, 7) is 0.335. The van der Waals surface area contributed by atoms with Crippen molar-refractivity contribution >= 4 is 12.1 Å². The van der Waals surface area contributed by atoms with Crippen LogP contribution in [-0.4, -0.2) is 60.7 Å². The van der Waals surface area contributed by atoms with Gasteiger partial charge in [-0.2, -0.15) is 0 Å². The van der Waals surface area contributed by atoms with Gasteiger partial charge in [-0.15, -0.1) is 0 Å². The molecule has 1 fully saturated rings. The number of aliphatic hydroxyl groups is 2. The predicted octanol–water partition coefficient (Wildman–Crippen LogP) is -1.12. The number of rotatable bonds is 6. The standard InChI is InChI=1S/C12H24N4O4/c17-7-5-13-11(19)15-9-1-2-10(4-3-9)16-12(20)14-6-8-18/h9-10,17-18H,1-8H2,(H2,13,15,19)(H2,14,16,20)/t9-,10-. The van der Waals surface area contributed by atoms with Gasteiger partial charge in [0.15, 0.2) is 0 Å². The van der Waals surface area contributed by atoms with Crippen molar-refractivity contribution in [3.05, 3.63) is 0 Å². The first kappa shape index (κ1) is 16.5. The van der Waals surface area contributed by atoms with Gasteiger partial charge in [0.05, 0.1) is 13.2 Å². The van der Waals surface area contributed by atoms with E-state index in [4.69, 9.17) is 10.2 Å². The van der Waals surface area contributed by atoms with Crippen LogP contribution in [0.15, 0.2) is 0 Å². The van der Waals surface area contributed by atoms with E-state index in [9.17, 15) is 9.59 Å². The Labute approximate surface area is 118 Å². The van der Waals surface area contributed by atoms with Crippen molar-refractivity contribution in [2.75, 3.05) is 26.3 Å². The van der Waals surface area contributed by atoms with E-state index in [-0.39, 0.29) is 50.4 Å². The van der Waals surface area contributed by atoms with Crippen molar-refractivity contribution in [2.45, 2.75) is 37.8 Å². The van der Waals surface area contributed by atoms with Crippen molar-refractivity contribution in [1.82, 2.24) is 21.3 Å². The topological polar surface area (TPSA) is 123 Å². The highest BCUT2D eigenvalue weighted by Gasteiger charge is 2.23. The zero-order chi connectivity index (χ0) is 14.8. The monoisotopic (exact) mass is 288 g/mol. The first-order valence-electron chi connectivity index (χ1n) is 6.96. The molecule has 4 amide bonds. The Morgan fingerprint density at radius 1 is 0.800 bits per heavy atom. The highest BCUT2D eigenvalue weighted by Crippen LogP contribution is 2.18. The molecular weight excluding hydrogens is 264 g/mol. The van der Waals surface area contributed by atoms with Gasteiger partial charge in [-0.25, -0.2) is 9.59 Å². The minimum absolute atomic E-state index is 0.0764. The lowest BCUT2D eigenvalue weighted by Crippen LogP contribution is -2.49. The summed E-state index contributed by atoms with van der Waals surface area (Å²) in [5.41, 5.74) is 0. The summed E-state index contributed by atoms with van der Waals surface area (Å²) in [6, 6.07) is -0.327. The lowest BCUT2D eigenvalue weighted by molar-refractivity contribution is 0.216. The van der Waals surface area contributed by atoms with Crippen molar-refractivity contribution < 1.29 is 19.8 Å². The molecule has 0 radical (unpaired) electrons. The number of carbonyl (C=O) groups is 2. The second-order valence-electron chi connectivity index (χ2n) is 4.80. The van der Waals surface area contributed by atoms with Gasteiger partial charge < -0.3 is 31.5 Å². The van der Waals surface area contributed by atoms with Crippen molar-refractivity contribution in [2.24, 2.45) is 0 Å². The Kier molecular flexibility index (Phi) is 7.74. The fourth-order valence-corrected chi connectivity index (χ4v) is 2.19. The molecule has 8 heteroatoms. The smallest absolute Gasteiger partial charge is 0.315 e. The Morgan fingerprint density at radius 3 is 1.45 bits per heavy atom. The summed E-state index contributed by atoms with van der Waals surface area (Å²) < 4.78 is 0. The predicted molar refractivity (Wildman–Crippen MR) is 73.3 cm³/mol. The first-order valence-corrected chi connectivity index (χ1v) is 6.96. The molecule has 0 heterocycles. The minimum atomic E-state index is -0.267. The number of aliphatic hydroxyl groups excluding tert-OH is 2. The van der Waals surface area contributed by atoms with Crippen LogP contribution in [0.5, 0.6) is 0 Å². The van der Waals surface area contributed by atoms with E-state index < -0.39 is 0 Å². The Balaban J connectivity index is 2.16. The van der Waals surface area contributed by atoms with Crippen LogP contribution < -0.4 is 21.3 Å². The lowest BCUT2D eigenvalue weighted by Gasteiger charge is -2.29. The van der Waals surface area contributed by atoms with Crippen LogP contribution >= 0.6 is 0 Å². The summed E-state index contributed by atoms with van der Waals surface area (Å²) in [6.07, 6.45) is 3.21. The van der Waals surface area contributed by atoms with Gasteiger partial charge in [0.25, 0.3) is 0 Å². The fraction of sp³-hybridized carbons (Fsp3) is 0.833. The Morgan fingerprint density at radius 2 is 1.15 bits per heavy atom. The van der Waals surface area contributed by atoms with Crippen LogP contribution in [0.4, 0.5) is 9.59 Å². The molecule has 1 saturated carbocycles. The quantitative estimate of drug-likeness (QED) is 0.370. The zero-order valence-corrected chi connectivity index (χ0v) is 11.5. The SMILES string of the molecule is O=C(NCCO)N[C@H]1CC[C@H](NC(=O)NCCO)CC1. The minimum Gasteiger partial charge on any atom is -0.395 e. The molecule has 0 unspecified atom stereocenters. The molecule has 1 rings (SSSR count). The largest absolute Gasteiger partial charge is 0.395 e. The van der Waals surface area contributed by atoms with Gasteiger partial charge in [0, 0.05) is 25.2 Å². The van der Waals surface area contributed by atoms with Crippen LogP contribution in [0, 0.1) is 0 Å². The molecule has 6 N–H and O–H groups in total. The maximum atomic E-state index is 11.4. The molecule has 0 saturated heterocycles. The average Bonchev–Trinajstić information content (AvgIpc) is 2.45. The molecule has 0 bridgehead atoms. The number of nitrogens with one attached hydrogen (secondary N) is 4. The van der Waals surface area contributed by atoms with Gasteiger partial charge in [-0.1, -0.05) is 0 Å². The van der Waals surface area contributed by atoms with Gasteiger partial charge in [-0.05, 0) is 25.7 Å². The highest BCUT2D eigenvalue weighted by atomic mass is 16.3. The van der Waals surface area contributed by atoms with Crippen LogP contribution in [0.3, 0.4) is 0 Å². The molecule has 0 spiro atoms. The van der Waals surface area contributed by atoms with Crippen molar-refractivity contribution in [3.63, 3.8) is 0 Å². The molecule has 0 aromatic rings. The fourth-order valence-electron chi connectivity index (χ4n) is 2.19.